The second-order valence-corrected chi connectivity index (χ2v) is 4.80. The molecule has 0 amide bonds. The van der Waals surface area contributed by atoms with E-state index in [-0.39, 0.29) is 0 Å². The Kier molecular flexibility index (Phi) is 6.23. The zero-order chi connectivity index (χ0) is 16.5. The van der Waals surface area contributed by atoms with E-state index in [0.717, 1.165) is 17.0 Å². The molecule has 23 heavy (non-hydrogen) atoms. The maximum absolute atomic E-state index is 5.22. The highest BCUT2D eigenvalue weighted by molar-refractivity contribution is 5.79. The standard InChI is InChI=1S/C17H22N4O2/c1-18-17(19-11-13-6-4-8-15(10-13)22-2)20-12-14-7-5-9-16(21-14)23-3/h4-10H,11-12H2,1-3H3,(H2,18,19,20). The molecule has 2 aromatic rings. The molecule has 0 spiro atoms. The number of aromatic nitrogens is 1. The molecule has 6 heteroatoms. The first kappa shape index (κ1) is 16.6. The smallest absolute Gasteiger partial charge is 0.213 e. The SMILES string of the molecule is CN=C(NCc1cccc(OC)c1)NCc1cccc(OC)n1. The Morgan fingerprint density at radius 2 is 1.83 bits per heavy atom. The molecule has 0 fully saturated rings. The van der Waals surface area contributed by atoms with Gasteiger partial charge in [0, 0.05) is 19.7 Å². The second kappa shape index (κ2) is 8.63. The van der Waals surface area contributed by atoms with Gasteiger partial charge in [-0.3, -0.25) is 4.99 Å². The van der Waals surface area contributed by atoms with E-state index < -0.39 is 0 Å². The molecule has 0 aliphatic carbocycles. The van der Waals surface area contributed by atoms with Gasteiger partial charge in [-0.2, -0.15) is 0 Å². The zero-order valence-electron chi connectivity index (χ0n) is 13.7. The van der Waals surface area contributed by atoms with E-state index in [1.165, 1.54) is 0 Å². The number of rotatable bonds is 6. The summed E-state index contributed by atoms with van der Waals surface area (Å²) in [4.78, 5) is 8.56. The van der Waals surface area contributed by atoms with Gasteiger partial charge in [-0.1, -0.05) is 18.2 Å². The fraction of sp³-hybridized carbons (Fsp3) is 0.294. The van der Waals surface area contributed by atoms with Gasteiger partial charge in [0.1, 0.15) is 5.75 Å². The molecule has 0 saturated heterocycles. The summed E-state index contributed by atoms with van der Waals surface area (Å²) in [5, 5.41) is 6.49. The first-order valence-corrected chi connectivity index (χ1v) is 7.32. The van der Waals surface area contributed by atoms with Crippen LogP contribution in [0.4, 0.5) is 0 Å². The van der Waals surface area contributed by atoms with E-state index in [1.807, 2.05) is 42.5 Å². The lowest BCUT2D eigenvalue weighted by Crippen LogP contribution is -2.36. The van der Waals surface area contributed by atoms with Crippen LogP contribution in [0, 0.1) is 0 Å². The molecule has 0 unspecified atom stereocenters. The number of nitrogens with one attached hydrogen (secondary N) is 2. The molecule has 0 radical (unpaired) electrons. The van der Waals surface area contributed by atoms with E-state index in [2.05, 4.69) is 20.6 Å². The molecule has 1 aromatic heterocycles. The number of hydrogen-bond donors (Lipinski definition) is 2. The van der Waals surface area contributed by atoms with Crippen molar-refractivity contribution in [3.05, 3.63) is 53.7 Å². The molecule has 0 atom stereocenters. The lowest BCUT2D eigenvalue weighted by Gasteiger charge is -2.12. The number of benzene rings is 1. The van der Waals surface area contributed by atoms with E-state index in [4.69, 9.17) is 9.47 Å². The number of hydrogen-bond acceptors (Lipinski definition) is 4. The van der Waals surface area contributed by atoms with E-state index in [9.17, 15) is 0 Å². The van der Waals surface area contributed by atoms with Crippen LogP contribution < -0.4 is 20.1 Å². The zero-order valence-corrected chi connectivity index (χ0v) is 13.7. The maximum atomic E-state index is 5.22. The average molecular weight is 314 g/mol. The minimum atomic E-state index is 0.564. The summed E-state index contributed by atoms with van der Waals surface area (Å²) >= 11 is 0. The van der Waals surface area contributed by atoms with Crippen molar-refractivity contribution in [2.45, 2.75) is 13.1 Å². The minimum Gasteiger partial charge on any atom is -0.497 e. The van der Waals surface area contributed by atoms with Crippen molar-refractivity contribution < 1.29 is 9.47 Å². The fourth-order valence-corrected chi connectivity index (χ4v) is 2.03. The van der Waals surface area contributed by atoms with Crippen molar-refractivity contribution in [3.63, 3.8) is 0 Å². The molecule has 2 N–H and O–H groups in total. The van der Waals surface area contributed by atoms with Crippen LogP contribution in [-0.2, 0) is 13.1 Å². The summed E-state index contributed by atoms with van der Waals surface area (Å²) in [7, 11) is 5.00. The molecule has 0 aliphatic rings. The van der Waals surface area contributed by atoms with Crippen LogP contribution in [0.3, 0.4) is 0 Å². The van der Waals surface area contributed by atoms with Crippen LogP contribution >= 0.6 is 0 Å². The van der Waals surface area contributed by atoms with Crippen molar-refractivity contribution in [1.82, 2.24) is 15.6 Å². The molecular formula is C17H22N4O2. The summed E-state index contributed by atoms with van der Waals surface area (Å²) in [6.45, 7) is 1.22. The summed E-state index contributed by atoms with van der Waals surface area (Å²) in [6.07, 6.45) is 0. The summed E-state index contributed by atoms with van der Waals surface area (Å²) < 4.78 is 10.3. The Balaban J connectivity index is 1.87. The highest BCUT2D eigenvalue weighted by atomic mass is 16.5. The fourth-order valence-electron chi connectivity index (χ4n) is 2.03. The molecule has 0 saturated carbocycles. The second-order valence-electron chi connectivity index (χ2n) is 4.80. The van der Waals surface area contributed by atoms with Crippen LogP contribution in [0.2, 0.25) is 0 Å². The van der Waals surface area contributed by atoms with Gasteiger partial charge in [-0.15, -0.1) is 0 Å². The molecular weight excluding hydrogens is 292 g/mol. The maximum Gasteiger partial charge on any atom is 0.213 e. The predicted molar refractivity (Wildman–Crippen MR) is 90.8 cm³/mol. The minimum absolute atomic E-state index is 0.564. The number of guanidine groups is 1. The molecule has 0 aliphatic heterocycles. The van der Waals surface area contributed by atoms with Gasteiger partial charge in [0.15, 0.2) is 5.96 Å². The predicted octanol–water partition coefficient (Wildman–Crippen LogP) is 1.96. The molecule has 2 rings (SSSR count). The monoisotopic (exact) mass is 314 g/mol. The van der Waals surface area contributed by atoms with E-state index in [0.29, 0.717) is 24.9 Å². The highest BCUT2D eigenvalue weighted by Gasteiger charge is 2.02. The number of ether oxygens (including phenoxy) is 2. The Morgan fingerprint density at radius 1 is 1.04 bits per heavy atom. The average Bonchev–Trinajstić information content (AvgIpc) is 2.62. The third-order valence-electron chi connectivity index (χ3n) is 3.25. The Bertz CT molecular complexity index is 605. The Morgan fingerprint density at radius 3 is 2.57 bits per heavy atom. The third kappa shape index (κ3) is 5.18. The van der Waals surface area contributed by atoms with Gasteiger partial charge < -0.3 is 20.1 Å². The summed E-state index contributed by atoms with van der Waals surface area (Å²) in [5.41, 5.74) is 2.00. The normalized spacial score (nSPS) is 11.0. The first-order chi connectivity index (χ1) is 11.2. The topological polar surface area (TPSA) is 67.8 Å². The van der Waals surface area contributed by atoms with Crippen molar-refractivity contribution in [2.75, 3.05) is 21.3 Å². The third-order valence-corrected chi connectivity index (χ3v) is 3.25. The van der Waals surface area contributed by atoms with E-state index >= 15 is 0 Å². The van der Waals surface area contributed by atoms with Crippen molar-refractivity contribution >= 4 is 5.96 Å². The van der Waals surface area contributed by atoms with Gasteiger partial charge in [0.25, 0.3) is 0 Å². The number of pyridine rings is 1. The molecule has 1 aromatic carbocycles. The lowest BCUT2D eigenvalue weighted by atomic mass is 10.2. The number of aliphatic imine (C=N–C) groups is 1. The van der Waals surface area contributed by atoms with Gasteiger partial charge in [0.05, 0.1) is 26.5 Å². The van der Waals surface area contributed by atoms with Crippen LogP contribution in [-0.4, -0.2) is 32.2 Å². The summed E-state index contributed by atoms with van der Waals surface area (Å²) in [6, 6.07) is 13.6. The molecule has 1 heterocycles. The Labute approximate surface area is 136 Å². The van der Waals surface area contributed by atoms with E-state index in [1.54, 1.807) is 21.3 Å². The molecule has 6 nitrogen and oxygen atoms in total. The van der Waals surface area contributed by atoms with Crippen LogP contribution in [0.15, 0.2) is 47.5 Å². The Hall–Kier alpha value is -2.76. The lowest BCUT2D eigenvalue weighted by molar-refractivity contribution is 0.396. The molecule has 0 bridgehead atoms. The number of methoxy groups -OCH3 is 2. The van der Waals surface area contributed by atoms with Crippen molar-refractivity contribution in [3.8, 4) is 11.6 Å². The van der Waals surface area contributed by atoms with Crippen LogP contribution in [0.1, 0.15) is 11.3 Å². The highest BCUT2D eigenvalue weighted by Crippen LogP contribution is 2.12. The largest absolute Gasteiger partial charge is 0.497 e. The van der Waals surface area contributed by atoms with Gasteiger partial charge in [-0.25, -0.2) is 4.98 Å². The van der Waals surface area contributed by atoms with Crippen LogP contribution in [0.25, 0.3) is 0 Å². The van der Waals surface area contributed by atoms with Gasteiger partial charge in [0.2, 0.25) is 5.88 Å². The molecule has 122 valence electrons. The van der Waals surface area contributed by atoms with Crippen molar-refractivity contribution in [1.29, 1.82) is 0 Å². The first-order valence-electron chi connectivity index (χ1n) is 7.32. The van der Waals surface area contributed by atoms with Gasteiger partial charge in [-0.05, 0) is 23.8 Å². The van der Waals surface area contributed by atoms with Crippen molar-refractivity contribution in [2.24, 2.45) is 4.99 Å². The van der Waals surface area contributed by atoms with Gasteiger partial charge >= 0.3 is 0 Å². The van der Waals surface area contributed by atoms with Crippen LogP contribution in [0.5, 0.6) is 11.6 Å². The summed E-state index contributed by atoms with van der Waals surface area (Å²) in [5.74, 6) is 2.15. The quantitative estimate of drug-likeness (QED) is 0.630. The number of nitrogens with zero attached hydrogens (tertiary/aromatic N) is 2.